The molecular formula is C82H92FN15O16S6. The van der Waals surface area contributed by atoms with Gasteiger partial charge in [0.05, 0.1) is 137 Å². The molecule has 0 atom stereocenters. The fourth-order valence-electron chi connectivity index (χ4n) is 10.7. The number of fused-ring (bicyclic) bond motifs is 1. The van der Waals surface area contributed by atoms with Gasteiger partial charge < -0.3 is 62.9 Å². The van der Waals surface area contributed by atoms with Crippen molar-refractivity contribution in [2.75, 3.05) is 116 Å². The first-order valence-corrected chi connectivity index (χ1v) is 42.4. The Bertz CT molecular complexity index is 5190. The molecule has 0 amide bonds. The van der Waals surface area contributed by atoms with E-state index in [1.54, 1.807) is 79.7 Å². The Hall–Kier alpha value is -11.5. The van der Waals surface area contributed by atoms with Crippen molar-refractivity contribution in [3.8, 4) is 80.3 Å². The number of ether oxygens (including phenoxy) is 9. The second kappa shape index (κ2) is 48.0. The first-order valence-electron chi connectivity index (χ1n) is 36.5. The number of aliphatic hydroxyl groups excluding tert-OH is 2. The zero-order chi connectivity index (χ0) is 86.8. The van der Waals surface area contributed by atoms with E-state index in [-0.39, 0.29) is 46.2 Å². The fourth-order valence-corrected chi connectivity index (χ4v) is 14.7. The van der Waals surface area contributed by atoms with E-state index in [9.17, 15) is 28.7 Å². The average Bonchev–Trinajstić information content (AvgIpc) is 1.58. The topological polar surface area (TPSA) is 397 Å². The highest BCUT2D eigenvalue weighted by Gasteiger charge is 2.26. The predicted molar refractivity (Wildman–Crippen MR) is 479 cm³/mol. The minimum absolute atomic E-state index is 0.0523. The summed E-state index contributed by atoms with van der Waals surface area (Å²) in [5.74, 6) is 9.31. The van der Waals surface area contributed by atoms with E-state index in [0.717, 1.165) is 94.7 Å². The van der Waals surface area contributed by atoms with Crippen molar-refractivity contribution >= 4 is 142 Å². The number of Topliss-reactive ketones (excluding diaryl/α,β-unsaturated/α-hetero) is 4. The number of phenolic OH excluding ortho intramolecular Hbond substituents is 1. The number of phenols is 1. The fraction of sp³-hybridized carbons (Fsp3) is 0.317. The molecule has 5 aliphatic rings. The number of rotatable bonds is 28. The zero-order valence-corrected chi connectivity index (χ0v) is 73.2. The molecule has 0 radical (unpaired) electrons. The Morgan fingerprint density at radius 1 is 0.458 bits per heavy atom. The van der Waals surface area contributed by atoms with Gasteiger partial charge in [0.25, 0.3) is 0 Å². The molecule has 0 bridgehead atoms. The van der Waals surface area contributed by atoms with Crippen molar-refractivity contribution in [2.45, 2.75) is 70.1 Å². The summed E-state index contributed by atoms with van der Waals surface area (Å²) in [6.07, 6.45) is 3.22. The maximum absolute atomic E-state index is 13.6. The number of para-hydroxylation sites is 3. The molecule has 0 saturated heterocycles. The summed E-state index contributed by atoms with van der Waals surface area (Å²) in [6.45, 7) is 14.3. The number of hydrogen-bond acceptors (Lipinski definition) is 35. The van der Waals surface area contributed by atoms with Crippen molar-refractivity contribution in [1.29, 1.82) is 0 Å². The van der Waals surface area contributed by atoms with Crippen LogP contribution in [0.2, 0.25) is 0 Å². The second-order valence-electron chi connectivity index (χ2n) is 25.7. The van der Waals surface area contributed by atoms with Crippen LogP contribution in [-0.4, -0.2) is 223 Å². The van der Waals surface area contributed by atoms with Gasteiger partial charge in [-0.05, 0) is 107 Å². The molecule has 2 aromatic heterocycles. The molecule has 0 spiro atoms. The number of aromatic amines is 2. The highest BCUT2D eigenvalue weighted by atomic mass is 32.2. The molecule has 6 aromatic carbocycles. The molecule has 38 heteroatoms. The summed E-state index contributed by atoms with van der Waals surface area (Å²) in [6, 6.07) is 32.6. The number of aromatic nitrogens is 6. The second-order valence-corrected chi connectivity index (χ2v) is 31.8. The Morgan fingerprint density at radius 2 is 0.908 bits per heavy atom. The maximum Gasteiger partial charge on any atom is 0.209 e. The van der Waals surface area contributed by atoms with Crippen molar-refractivity contribution in [1.82, 2.24) is 30.4 Å². The molecule has 5 aliphatic heterocycles. The van der Waals surface area contributed by atoms with Crippen LogP contribution in [0.3, 0.4) is 0 Å². The number of aromatic hydroxyl groups is 1. The summed E-state index contributed by atoms with van der Waals surface area (Å²) in [5, 5.41) is 79.2. The molecule has 634 valence electrons. The van der Waals surface area contributed by atoms with E-state index in [1.165, 1.54) is 105 Å². The lowest BCUT2D eigenvalue weighted by atomic mass is 10.1. The Labute approximate surface area is 719 Å². The molecule has 5 N–H and O–H groups in total. The molecular weight excluding hydrogens is 1660 g/mol. The van der Waals surface area contributed by atoms with Crippen LogP contribution in [-0.2, 0) is 19.2 Å². The number of ketones is 4. The highest BCUT2D eigenvalue weighted by molar-refractivity contribution is 8.15. The average molecular weight is 1760 g/mol. The van der Waals surface area contributed by atoms with Crippen molar-refractivity contribution in [3.63, 3.8) is 0 Å². The predicted octanol–water partition coefficient (Wildman–Crippen LogP) is 15.5. The van der Waals surface area contributed by atoms with E-state index < -0.39 is 5.82 Å². The normalized spacial score (nSPS) is 13.2. The number of nitrogens with one attached hydrogen (secondary N) is 2. The van der Waals surface area contributed by atoms with Gasteiger partial charge in [-0.15, -0.1) is 77.7 Å². The number of hydrogen-bond donors (Lipinski definition) is 5. The van der Waals surface area contributed by atoms with E-state index >= 15 is 0 Å². The standard InChI is InChI=1S/C15H19N3O2S.C14H15N3O3S.2C14H16N2O3S.C13H13FN2O2S.C12H13N3O3S/c1-10(19)9-21-15-8-13(16-17-15)12-6-5-11(18(2)3)7-14(12)20-4;1-9(18)8-21-14-15-13(16-17-14)10-4-2-5-11-12(10)20-7-3-6-19-11;1-9(17)8-20-14-7-12(15-16-14)11-6-10(18-2)4-5-13(11)19-3;1-9(17)8-20-13-7-11(15-16-13)10-5-4-6-12(18-2)14(10)19-3;1-8(17)7-19-12-6-11(15-16-12)9-4-3-5-10(14)13(9)18-2;1-7(16)6-19-12-13-11(14-15-12)10-8(17)4-3-5-9(10)18-2/h5-7,19H,1,8-9H2,2-4H3;2,4-5,18H,1,3,6-8H2,(H,15,16,17);2*4-6H,7-8H2,1-3H3;3-5H,6-7H2,1-2H3;3-5,17H,6H2,1-2H3,(H,13,14,15). The number of benzene rings is 6. The van der Waals surface area contributed by atoms with Gasteiger partial charge in [0, 0.05) is 80.2 Å². The summed E-state index contributed by atoms with van der Waals surface area (Å²) in [5.41, 5.74) is 8.81. The third-order valence-electron chi connectivity index (χ3n) is 16.3. The van der Waals surface area contributed by atoms with Crippen LogP contribution < -0.4 is 47.5 Å². The van der Waals surface area contributed by atoms with E-state index in [1.807, 2.05) is 91.8 Å². The van der Waals surface area contributed by atoms with Crippen molar-refractivity contribution in [2.24, 2.45) is 40.8 Å². The van der Waals surface area contributed by atoms with Crippen LogP contribution in [0.5, 0.6) is 57.5 Å². The molecule has 8 aromatic rings. The molecule has 0 aliphatic carbocycles. The summed E-state index contributed by atoms with van der Waals surface area (Å²) < 4.78 is 61.9. The van der Waals surface area contributed by atoms with Gasteiger partial charge in [0.2, 0.25) is 10.3 Å². The zero-order valence-electron chi connectivity index (χ0n) is 68.3. The van der Waals surface area contributed by atoms with Crippen LogP contribution in [0, 0.1) is 5.82 Å². The first kappa shape index (κ1) is 94.0. The van der Waals surface area contributed by atoms with Crippen molar-refractivity contribution in [3.05, 3.63) is 162 Å². The number of carbonyl (C=O) groups is 4. The van der Waals surface area contributed by atoms with Gasteiger partial charge in [-0.1, -0.05) is 60.9 Å². The molecule has 0 saturated carbocycles. The molecule has 13 rings (SSSR count). The maximum atomic E-state index is 13.6. The lowest BCUT2D eigenvalue weighted by Crippen LogP contribution is -2.10. The van der Waals surface area contributed by atoms with Gasteiger partial charge in [0.1, 0.15) is 77.6 Å². The van der Waals surface area contributed by atoms with Crippen LogP contribution in [0.25, 0.3) is 22.8 Å². The van der Waals surface area contributed by atoms with Gasteiger partial charge >= 0.3 is 0 Å². The molecule has 7 heterocycles. The Morgan fingerprint density at radius 3 is 1.43 bits per heavy atom. The largest absolute Gasteiger partial charge is 0.512 e. The SMILES string of the molecule is C=C(O)CSC1=NN=C(c2ccc(N(C)C)cc2OC)C1.C=C(O)CSc1n[nH]c(-c2cccc3c2OCCCO3)n1.COc1c(F)cccc1C1=NN=C(SCC(C)=O)C1.COc1ccc(OC)c(C2=NN=C(SCC(C)=O)C2)c1.COc1cccc(C2=NN=C(SCC(C)=O)C2)c1OC.COc1cccc(O)c1-c1nc(SCC(C)=O)n[nH]1. The van der Waals surface area contributed by atoms with E-state index in [0.29, 0.717) is 135 Å². The number of H-pyrrole nitrogens is 2. The van der Waals surface area contributed by atoms with Crippen LogP contribution in [0.4, 0.5) is 10.1 Å². The van der Waals surface area contributed by atoms with Gasteiger partial charge in [-0.3, -0.25) is 29.4 Å². The van der Waals surface area contributed by atoms with Gasteiger partial charge in [-0.25, -0.2) is 14.4 Å². The lowest BCUT2D eigenvalue weighted by Gasteiger charge is -2.15. The molecule has 31 nitrogen and oxygen atoms in total. The van der Waals surface area contributed by atoms with Crippen molar-refractivity contribution < 1.29 is 81.5 Å². The number of methoxy groups -OCH3 is 7. The summed E-state index contributed by atoms with van der Waals surface area (Å²) in [7, 11) is 15.0. The summed E-state index contributed by atoms with van der Waals surface area (Å²) >= 11 is 8.21. The number of aliphatic hydroxyl groups is 2. The highest BCUT2D eigenvalue weighted by Crippen LogP contribution is 2.41. The number of anilines is 1. The molecule has 120 heavy (non-hydrogen) atoms. The minimum atomic E-state index is -0.424. The van der Waals surface area contributed by atoms with Gasteiger partial charge in [0.15, 0.2) is 46.2 Å². The quantitative estimate of drug-likeness (QED) is 0.0225. The first-order chi connectivity index (χ1) is 57.8. The smallest absolute Gasteiger partial charge is 0.209 e. The van der Waals surface area contributed by atoms with Crippen LogP contribution in [0.1, 0.15) is 82.1 Å². The Kier molecular flexibility index (Phi) is 37.6. The lowest BCUT2D eigenvalue weighted by molar-refractivity contribution is -0.115. The number of thioether (sulfide) groups is 6. The van der Waals surface area contributed by atoms with Gasteiger partial charge in [-0.2, -0.15) is 20.4 Å². The minimum Gasteiger partial charge on any atom is -0.512 e. The van der Waals surface area contributed by atoms with E-state index in [4.69, 9.17) is 52.8 Å². The number of carbonyl (C=O) groups excluding carboxylic acids is 4. The number of halogens is 1. The van der Waals surface area contributed by atoms with E-state index in [2.05, 4.69) is 84.3 Å². The Balaban J connectivity index is 0.000000179. The monoisotopic (exact) mass is 1750 g/mol. The third-order valence-corrected chi connectivity index (χ3v) is 22.5. The summed E-state index contributed by atoms with van der Waals surface area (Å²) in [4.78, 5) is 54.4. The van der Waals surface area contributed by atoms with Crippen LogP contribution >= 0.6 is 70.6 Å². The molecule has 0 unspecified atom stereocenters. The third kappa shape index (κ3) is 28.4. The number of nitrogens with zero attached hydrogens (tertiary/aromatic N) is 13. The molecule has 0 fully saturated rings. The van der Waals surface area contributed by atoms with Crippen LogP contribution in [0.15, 0.2) is 185 Å².